The minimum atomic E-state index is 0.547. The van der Waals surface area contributed by atoms with Gasteiger partial charge in [-0.3, -0.25) is 4.79 Å². The van der Waals surface area contributed by atoms with Gasteiger partial charge >= 0.3 is 0 Å². The predicted molar refractivity (Wildman–Crippen MR) is 85.2 cm³/mol. The fourth-order valence-electron chi connectivity index (χ4n) is 1.97. The molecule has 0 amide bonds. The largest absolute Gasteiger partial charge is 0.493 e. The van der Waals surface area contributed by atoms with Gasteiger partial charge in [-0.2, -0.15) is 0 Å². The van der Waals surface area contributed by atoms with E-state index in [9.17, 15) is 4.79 Å². The molecule has 0 saturated heterocycles. The van der Waals surface area contributed by atoms with Crippen molar-refractivity contribution in [2.24, 2.45) is 0 Å². The molecule has 116 valence electrons. The van der Waals surface area contributed by atoms with E-state index in [0.717, 1.165) is 35.5 Å². The summed E-state index contributed by atoms with van der Waals surface area (Å²) in [4.78, 5) is 10.6. The maximum atomic E-state index is 10.6. The Labute approximate surface area is 130 Å². The lowest BCUT2D eigenvalue weighted by Gasteiger charge is -2.11. The number of methoxy groups -OCH3 is 1. The van der Waals surface area contributed by atoms with Crippen molar-refractivity contribution in [3.63, 3.8) is 0 Å². The van der Waals surface area contributed by atoms with Crippen LogP contribution in [0.1, 0.15) is 22.3 Å². The van der Waals surface area contributed by atoms with Crippen molar-refractivity contribution < 1.29 is 19.0 Å². The SMILES string of the molecule is COc1cc(C)ccc1OCCCOc1ccc(C=O)cc1. The van der Waals surface area contributed by atoms with Gasteiger partial charge in [0.05, 0.1) is 20.3 Å². The maximum Gasteiger partial charge on any atom is 0.161 e. The third-order valence-corrected chi connectivity index (χ3v) is 3.15. The summed E-state index contributed by atoms with van der Waals surface area (Å²) in [6.45, 7) is 3.11. The molecule has 0 atom stereocenters. The van der Waals surface area contributed by atoms with Gasteiger partial charge in [0.25, 0.3) is 0 Å². The molecule has 2 aromatic rings. The lowest BCUT2D eigenvalue weighted by Crippen LogP contribution is -2.05. The molecule has 0 aliphatic heterocycles. The average Bonchev–Trinajstić information content (AvgIpc) is 2.56. The van der Waals surface area contributed by atoms with Crippen LogP contribution in [0.25, 0.3) is 0 Å². The third kappa shape index (κ3) is 4.52. The summed E-state index contributed by atoms with van der Waals surface area (Å²) in [6.07, 6.45) is 1.57. The molecule has 0 fully saturated rings. The Morgan fingerprint density at radius 3 is 2.36 bits per heavy atom. The monoisotopic (exact) mass is 300 g/mol. The number of aldehydes is 1. The molecule has 0 heterocycles. The van der Waals surface area contributed by atoms with Gasteiger partial charge in [-0.25, -0.2) is 0 Å². The summed E-state index contributed by atoms with van der Waals surface area (Å²) in [6, 6.07) is 12.9. The smallest absolute Gasteiger partial charge is 0.161 e. The van der Waals surface area contributed by atoms with Crippen molar-refractivity contribution >= 4 is 6.29 Å². The Balaban J connectivity index is 1.74. The van der Waals surface area contributed by atoms with Crippen LogP contribution in [0.3, 0.4) is 0 Å². The second-order valence-corrected chi connectivity index (χ2v) is 4.89. The number of rotatable bonds is 8. The summed E-state index contributed by atoms with van der Waals surface area (Å²) >= 11 is 0. The van der Waals surface area contributed by atoms with Crippen LogP contribution >= 0.6 is 0 Å². The van der Waals surface area contributed by atoms with Gasteiger partial charge in [-0.15, -0.1) is 0 Å². The normalized spacial score (nSPS) is 10.1. The molecule has 0 radical (unpaired) electrons. The van der Waals surface area contributed by atoms with Crippen molar-refractivity contribution in [3.8, 4) is 17.2 Å². The van der Waals surface area contributed by atoms with Crippen LogP contribution in [0.2, 0.25) is 0 Å². The zero-order chi connectivity index (χ0) is 15.8. The zero-order valence-corrected chi connectivity index (χ0v) is 12.9. The summed E-state index contributed by atoms with van der Waals surface area (Å²) in [7, 11) is 1.63. The van der Waals surface area contributed by atoms with Gasteiger partial charge in [0.2, 0.25) is 0 Å². The zero-order valence-electron chi connectivity index (χ0n) is 12.9. The molecule has 4 heteroatoms. The minimum Gasteiger partial charge on any atom is -0.493 e. The first-order valence-corrected chi connectivity index (χ1v) is 7.18. The first kappa shape index (κ1) is 15.9. The highest BCUT2D eigenvalue weighted by molar-refractivity contribution is 5.74. The molecule has 2 rings (SSSR count). The van der Waals surface area contributed by atoms with Crippen molar-refractivity contribution in [2.75, 3.05) is 20.3 Å². The topological polar surface area (TPSA) is 44.8 Å². The molecule has 4 nitrogen and oxygen atoms in total. The van der Waals surface area contributed by atoms with Crippen molar-refractivity contribution in [1.29, 1.82) is 0 Å². The van der Waals surface area contributed by atoms with E-state index in [1.54, 1.807) is 31.4 Å². The maximum absolute atomic E-state index is 10.6. The third-order valence-electron chi connectivity index (χ3n) is 3.15. The molecule has 0 N–H and O–H groups in total. The lowest BCUT2D eigenvalue weighted by molar-refractivity contribution is 0.112. The molecule has 22 heavy (non-hydrogen) atoms. The highest BCUT2D eigenvalue weighted by Gasteiger charge is 2.04. The fourth-order valence-corrected chi connectivity index (χ4v) is 1.97. The van der Waals surface area contributed by atoms with Gasteiger partial charge in [-0.05, 0) is 48.9 Å². The molecule has 0 aliphatic carbocycles. The first-order valence-electron chi connectivity index (χ1n) is 7.18. The number of hydrogen-bond acceptors (Lipinski definition) is 4. The Kier molecular flexibility index (Phi) is 5.83. The highest BCUT2D eigenvalue weighted by atomic mass is 16.5. The standard InChI is InChI=1S/C18H20O4/c1-14-4-9-17(18(12-14)20-2)22-11-3-10-21-16-7-5-15(13-19)6-8-16/h4-9,12-13H,3,10-11H2,1-2H3. The van der Waals surface area contributed by atoms with E-state index in [1.165, 1.54) is 0 Å². The van der Waals surface area contributed by atoms with E-state index < -0.39 is 0 Å². The van der Waals surface area contributed by atoms with Crippen LogP contribution in [0.5, 0.6) is 17.2 Å². The predicted octanol–water partition coefficient (Wildman–Crippen LogP) is 3.66. The van der Waals surface area contributed by atoms with Crippen LogP contribution in [-0.4, -0.2) is 26.6 Å². The van der Waals surface area contributed by atoms with Crippen LogP contribution in [0.4, 0.5) is 0 Å². The number of ether oxygens (including phenoxy) is 3. The lowest BCUT2D eigenvalue weighted by atomic mass is 10.2. The molecule has 0 spiro atoms. The van der Waals surface area contributed by atoms with E-state index in [1.807, 2.05) is 25.1 Å². The molecule has 0 aromatic heterocycles. The Morgan fingerprint density at radius 1 is 0.955 bits per heavy atom. The van der Waals surface area contributed by atoms with Gasteiger partial charge in [0.1, 0.15) is 12.0 Å². The Bertz CT molecular complexity index is 605. The van der Waals surface area contributed by atoms with E-state index >= 15 is 0 Å². The quantitative estimate of drug-likeness (QED) is 0.551. The summed E-state index contributed by atoms with van der Waals surface area (Å²) in [5.74, 6) is 2.23. The van der Waals surface area contributed by atoms with Crippen LogP contribution < -0.4 is 14.2 Å². The van der Waals surface area contributed by atoms with Crippen molar-refractivity contribution in [3.05, 3.63) is 53.6 Å². The summed E-state index contributed by atoms with van der Waals surface area (Å²) in [5.41, 5.74) is 1.77. The molecule has 0 saturated carbocycles. The number of carbonyl (C=O) groups excluding carboxylic acids is 1. The first-order chi connectivity index (χ1) is 10.7. The van der Waals surface area contributed by atoms with Crippen LogP contribution in [0, 0.1) is 6.92 Å². The summed E-state index contributed by atoms with van der Waals surface area (Å²) in [5, 5.41) is 0. The molecular formula is C18H20O4. The van der Waals surface area contributed by atoms with E-state index in [0.29, 0.717) is 18.8 Å². The van der Waals surface area contributed by atoms with Crippen LogP contribution in [0.15, 0.2) is 42.5 Å². The Hall–Kier alpha value is -2.49. The molecule has 0 bridgehead atoms. The Morgan fingerprint density at radius 2 is 1.68 bits per heavy atom. The fraction of sp³-hybridized carbons (Fsp3) is 0.278. The van der Waals surface area contributed by atoms with Gasteiger partial charge in [0.15, 0.2) is 11.5 Å². The second-order valence-electron chi connectivity index (χ2n) is 4.89. The van der Waals surface area contributed by atoms with Crippen LogP contribution in [-0.2, 0) is 0 Å². The van der Waals surface area contributed by atoms with Gasteiger partial charge in [-0.1, -0.05) is 6.07 Å². The average molecular weight is 300 g/mol. The van der Waals surface area contributed by atoms with E-state index in [4.69, 9.17) is 14.2 Å². The number of carbonyl (C=O) groups is 1. The van der Waals surface area contributed by atoms with E-state index in [2.05, 4.69) is 0 Å². The van der Waals surface area contributed by atoms with Crippen molar-refractivity contribution in [2.45, 2.75) is 13.3 Å². The summed E-state index contributed by atoms with van der Waals surface area (Å²) < 4.78 is 16.6. The van der Waals surface area contributed by atoms with Crippen molar-refractivity contribution in [1.82, 2.24) is 0 Å². The molecule has 0 aliphatic rings. The molecule has 2 aromatic carbocycles. The molecular weight excluding hydrogens is 280 g/mol. The number of hydrogen-bond donors (Lipinski definition) is 0. The van der Waals surface area contributed by atoms with Gasteiger partial charge < -0.3 is 14.2 Å². The second kappa shape index (κ2) is 8.08. The number of aryl methyl sites for hydroxylation is 1. The van der Waals surface area contributed by atoms with Gasteiger partial charge in [0, 0.05) is 12.0 Å². The minimum absolute atomic E-state index is 0.547. The highest BCUT2D eigenvalue weighted by Crippen LogP contribution is 2.27. The number of benzene rings is 2. The molecule has 0 unspecified atom stereocenters. The van der Waals surface area contributed by atoms with E-state index in [-0.39, 0.29) is 0 Å².